The van der Waals surface area contributed by atoms with Gasteiger partial charge in [0.15, 0.2) is 0 Å². The number of esters is 1. The summed E-state index contributed by atoms with van der Waals surface area (Å²) < 4.78 is 10.4. The number of allylic oxidation sites excluding steroid dienone is 2. The van der Waals surface area contributed by atoms with Gasteiger partial charge in [-0.1, -0.05) is 77.4 Å². The van der Waals surface area contributed by atoms with Crippen LogP contribution in [-0.2, 0) is 14.3 Å². The van der Waals surface area contributed by atoms with Crippen LogP contribution in [0.25, 0.3) is 0 Å². The summed E-state index contributed by atoms with van der Waals surface area (Å²) in [6.07, 6.45) is 22.6. The highest BCUT2D eigenvalue weighted by Gasteiger charge is 2.40. The zero-order chi connectivity index (χ0) is 18.2. The molecule has 0 bridgehead atoms. The summed E-state index contributed by atoms with van der Waals surface area (Å²) in [5.41, 5.74) is 0. The number of hydrogen-bond acceptors (Lipinski definition) is 3. The van der Waals surface area contributed by atoms with E-state index in [0.717, 1.165) is 19.3 Å². The molecule has 1 rings (SSSR count). The number of hydrogen-bond donors (Lipinski definition) is 0. The Morgan fingerprint density at radius 3 is 1.96 bits per heavy atom. The third kappa shape index (κ3) is 13.1. The van der Waals surface area contributed by atoms with E-state index in [1.807, 2.05) is 6.92 Å². The van der Waals surface area contributed by atoms with Crippen LogP contribution < -0.4 is 0 Å². The van der Waals surface area contributed by atoms with E-state index in [9.17, 15) is 4.79 Å². The van der Waals surface area contributed by atoms with Gasteiger partial charge >= 0.3 is 5.97 Å². The van der Waals surface area contributed by atoms with Gasteiger partial charge in [-0.2, -0.15) is 0 Å². The molecule has 0 saturated carbocycles. The van der Waals surface area contributed by atoms with Crippen LogP contribution in [0.3, 0.4) is 0 Å². The van der Waals surface area contributed by atoms with Gasteiger partial charge in [0.05, 0.1) is 0 Å². The monoisotopic (exact) mass is 352 g/mol. The molecule has 3 nitrogen and oxygen atoms in total. The molecule has 2 unspecified atom stereocenters. The molecule has 0 aromatic rings. The molecule has 0 spiro atoms. The predicted molar refractivity (Wildman–Crippen MR) is 104 cm³/mol. The average Bonchev–Trinajstić information content (AvgIpc) is 3.36. The van der Waals surface area contributed by atoms with Crippen LogP contribution in [0.15, 0.2) is 12.2 Å². The minimum absolute atomic E-state index is 0.0985. The van der Waals surface area contributed by atoms with E-state index in [4.69, 9.17) is 9.47 Å². The minimum Gasteiger partial charge on any atom is -0.433 e. The normalized spacial score (nSPS) is 19.4. The van der Waals surface area contributed by atoms with Crippen LogP contribution in [-0.4, -0.2) is 18.4 Å². The molecule has 146 valence electrons. The number of epoxide rings is 1. The van der Waals surface area contributed by atoms with Crippen molar-refractivity contribution in [3.05, 3.63) is 12.2 Å². The highest BCUT2D eigenvalue weighted by Crippen LogP contribution is 2.26. The van der Waals surface area contributed by atoms with Gasteiger partial charge in [0.2, 0.25) is 6.29 Å². The van der Waals surface area contributed by atoms with Crippen molar-refractivity contribution >= 4 is 5.97 Å². The van der Waals surface area contributed by atoms with E-state index in [1.54, 1.807) is 0 Å². The fourth-order valence-electron chi connectivity index (χ4n) is 3.05. The molecule has 0 amide bonds. The van der Waals surface area contributed by atoms with Gasteiger partial charge in [-0.05, 0) is 38.5 Å². The molecule has 0 aromatic heterocycles. The number of ether oxygens (including phenoxy) is 2. The van der Waals surface area contributed by atoms with Crippen molar-refractivity contribution in [3.8, 4) is 0 Å². The van der Waals surface area contributed by atoms with Gasteiger partial charge in [-0.3, -0.25) is 4.79 Å². The Morgan fingerprint density at radius 1 is 0.840 bits per heavy atom. The van der Waals surface area contributed by atoms with Gasteiger partial charge in [-0.25, -0.2) is 0 Å². The summed E-state index contributed by atoms with van der Waals surface area (Å²) in [5, 5.41) is 0. The van der Waals surface area contributed by atoms with E-state index in [-0.39, 0.29) is 18.4 Å². The van der Waals surface area contributed by atoms with Crippen molar-refractivity contribution in [1.29, 1.82) is 0 Å². The first-order valence-electron chi connectivity index (χ1n) is 10.8. The number of carbonyl (C=O) groups excluding carboxylic acids is 1. The summed E-state index contributed by atoms with van der Waals surface area (Å²) >= 11 is 0. The fourth-order valence-corrected chi connectivity index (χ4v) is 3.05. The Kier molecular flexibility index (Phi) is 13.7. The molecule has 0 aliphatic carbocycles. The van der Waals surface area contributed by atoms with Crippen LogP contribution in [0.1, 0.15) is 110 Å². The van der Waals surface area contributed by atoms with Crippen LogP contribution in [0, 0.1) is 0 Å². The van der Waals surface area contributed by atoms with Gasteiger partial charge in [0.1, 0.15) is 6.10 Å². The lowest BCUT2D eigenvalue weighted by molar-refractivity contribution is -0.148. The Balaban J connectivity index is 1.75. The Hall–Kier alpha value is -0.830. The Bertz CT molecular complexity index is 351. The van der Waals surface area contributed by atoms with Gasteiger partial charge < -0.3 is 9.47 Å². The zero-order valence-corrected chi connectivity index (χ0v) is 16.6. The molecule has 1 aliphatic heterocycles. The third-order valence-electron chi connectivity index (χ3n) is 4.83. The molecular formula is C22H40O3. The topological polar surface area (TPSA) is 38.8 Å². The molecular weight excluding hydrogens is 312 g/mol. The summed E-state index contributed by atoms with van der Waals surface area (Å²) in [7, 11) is 0. The number of carbonyl (C=O) groups is 1. The van der Waals surface area contributed by atoms with Crippen molar-refractivity contribution in [2.75, 3.05) is 0 Å². The van der Waals surface area contributed by atoms with Crippen LogP contribution in [0.5, 0.6) is 0 Å². The SMILES string of the molecule is CCCCCCCC/C=C\CCCCCCCC(=O)OC1OC1CC. The van der Waals surface area contributed by atoms with Crippen molar-refractivity contribution in [3.63, 3.8) is 0 Å². The molecule has 0 N–H and O–H groups in total. The number of unbranched alkanes of at least 4 members (excludes halogenated alkanes) is 11. The first kappa shape index (κ1) is 22.2. The second kappa shape index (κ2) is 15.4. The van der Waals surface area contributed by atoms with Crippen molar-refractivity contribution in [2.45, 2.75) is 123 Å². The maximum absolute atomic E-state index is 11.6. The number of rotatable bonds is 17. The van der Waals surface area contributed by atoms with Gasteiger partial charge in [0.25, 0.3) is 0 Å². The van der Waals surface area contributed by atoms with E-state index in [0.29, 0.717) is 6.42 Å². The van der Waals surface area contributed by atoms with Crippen molar-refractivity contribution in [2.24, 2.45) is 0 Å². The maximum atomic E-state index is 11.6. The van der Waals surface area contributed by atoms with E-state index >= 15 is 0 Å². The van der Waals surface area contributed by atoms with E-state index in [1.165, 1.54) is 70.6 Å². The van der Waals surface area contributed by atoms with E-state index < -0.39 is 0 Å². The summed E-state index contributed by atoms with van der Waals surface area (Å²) in [5.74, 6) is -0.0985. The van der Waals surface area contributed by atoms with Crippen molar-refractivity contribution in [1.82, 2.24) is 0 Å². The summed E-state index contributed by atoms with van der Waals surface area (Å²) in [6, 6.07) is 0. The highest BCUT2D eigenvalue weighted by molar-refractivity contribution is 5.69. The molecule has 1 aliphatic rings. The van der Waals surface area contributed by atoms with Crippen LogP contribution >= 0.6 is 0 Å². The zero-order valence-electron chi connectivity index (χ0n) is 16.6. The lowest BCUT2D eigenvalue weighted by Crippen LogP contribution is -2.08. The summed E-state index contributed by atoms with van der Waals surface area (Å²) in [6.45, 7) is 4.31. The van der Waals surface area contributed by atoms with Gasteiger partial charge in [-0.15, -0.1) is 0 Å². The largest absolute Gasteiger partial charge is 0.433 e. The molecule has 1 saturated heterocycles. The highest BCUT2D eigenvalue weighted by atomic mass is 16.8. The second-order valence-corrected chi connectivity index (χ2v) is 7.28. The molecule has 25 heavy (non-hydrogen) atoms. The van der Waals surface area contributed by atoms with Crippen LogP contribution in [0.4, 0.5) is 0 Å². The Labute approximate surface area is 155 Å². The van der Waals surface area contributed by atoms with Crippen LogP contribution in [0.2, 0.25) is 0 Å². The fraction of sp³-hybridized carbons (Fsp3) is 0.864. The summed E-state index contributed by atoms with van der Waals surface area (Å²) in [4.78, 5) is 11.6. The lowest BCUT2D eigenvalue weighted by Gasteiger charge is -2.02. The van der Waals surface area contributed by atoms with Gasteiger partial charge in [0, 0.05) is 6.42 Å². The third-order valence-corrected chi connectivity index (χ3v) is 4.83. The maximum Gasteiger partial charge on any atom is 0.308 e. The molecule has 2 atom stereocenters. The lowest BCUT2D eigenvalue weighted by atomic mass is 10.1. The first-order chi connectivity index (χ1) is 12.3. The second-order valence-electron chi connectivity index (χ2n) is 7.28. The van der Waals surface area contributed by atoms with Crippen molar-refractivity contribution < 1.29 is 14.3 Å². The predicted octanol–water partition coefficient (Wildman–Crippen LogP) is 6.70. The minimum atomic E-state index is -0.249. The smallest absolute Gasteiger partial charge is 0.308 e. The molecule has 0 radical (unpaired) electrons. The quantitative estimate of drug-likeness (QED) is 0.126. The first-order valence-corrected chi connectivity index (χ1v) is 10.8. The molecule has 1 fully saturated rings. The molecule has 1 heterocycles. The molecule has 3 heteroatoms. The standard InChI is InChI=1S/C22H40O3/c1-3-5-6-7-8-9-10-11-12-13-14-15-16-17-18-19-21(23)25-22-20(4-2)24-22/h11-12,20,22H,3-10,13-19H2,1-2H3/b12-11-. The molecule has 0 aromatic carbocycles. The average molecular weight is 353 g/mol. The van der Waals surface area contributed by atoms with E-state index in [2.05, 4.69) is 19.1 Å². The Morgan fingerprint density at radius 2 is 1.40 bits per heavy atom.